The Kier molecular flexibility index (Phi) is 59.6. The molecule has 4 heteroatoms. The average molecular weight is 222 g/mol. The molecule has 2 N–H and O–H groups in total. The van der Waals surface area contributed by atoms with Gasteiger partial charge >= 0.3 is 32.8 Å². The van der Waals surface area contributed by atoms with Crippen LogP contribution in [-0.4, -0.2) is 27.1 Å². The molecule has 0 heterocycles. The summed E-state index contributed by atoms with van der Waals surface area (Å²) in [6, 6.07) is 0. The fourth-order valence-corrected chi connectivity index (χ4v) is 0. The standard InChI is InChI=1S/CH4N.2ClH.Sn/c1-2;;;/h1-2H2;2*1H;. The number of hydrogen-bond donors (Lipinski definition) is 1. The van der Waals surface area contributed by atoms with Crippen molar-refractivity contribution in [3.63, 3.8) is 0 Å². The molecule has 0 aromatic carbocycles. The summed E-state index contributed by atoms with van der Waals surface area (Å²) in [5, 5.41) is 0. The molecule has 0 spiro atoms. The second-order valence-electron chi connectivity index (χ2n) is 0.204. The molecule has 5 heavy (non-hydrogen) atoms. The van der Waals surface area contributed by atoms with Gasteiger partial charge in [0.15, 0.2) is 0 Å². The summed E-state index contributed by atoms with van der Waals surface area (Å²) in [5.74, 6) is 0. The molecular formula is CH6Cl2NSn. The third-order valence-corrected chi connectivity index (χ3v) is 0. The van der Waals surface area contributed by atoms with Gasteiger partial charge in [-0.15, -0.1) is 24.8 Å². The van der Waals surface area contributed by atoms with Crippen LogP contribution in [-0.2, 0) is 0 Å². The Morgan fingerprint density at radius 1 is 1.40 bits per heavy atom. The summed E-state index contributed by atoms with van der Waals surface area (Å²) in [6.07, 6.45) is 0. The van der Waals surface area contributed by atoms with Crippen LogP contribution in [0.2, 0.25) is 0 Å². The van der Waals surface area contributed by atoms with E-state index in [9.17, 15) is 0 Å². The molecule has 0 rings (SSSR count). The van der Waals surface area contributed by atoms with E-state index in [1.807, 2.05) is 0 Å². The molecular weight excluding hydrogens is 216 g/mol. The van der Waals surface area contributed by atoms with E-state index in [1.165, 1.54) is 22.5 Å². The number of nitrogens with two attached hydrogens (primary N) is 1. The third kappa shape index (κ3) is 33.2. The van der Waals surface area contributed by atoms with Gasteiger partial charge in [-0.1, -0.05) is 0 Å². The molecule has 0 aromatic rings. The monoisotopic (exact) mass is 222 g/mol. The van der Waals surface area contributed by atoms with E-state index in [0.29, 0.717) is 0 Å². The topological polar surface area (TPSA) is 26.0 Å². The van der Waals surface area contributed by atoms with Crippen LogP contribution in [0.15, 0.2) is 0 Å². The Labute approximate surface area is 57.6 Å². The van der Waals surface area contributed by atoms with Crippen LogP contribution in [0.1, 0.15) is 0 Å². The summed E-state index contributed by atoms with van der Waals surface area (Å²) in [6.45, 7) is 0. The van der Waals surface area contributed by atoms with Gasteiger partial charge in [0.1, 0.15) is 0 Å². The zero-order valence-corrected chi connectivity index (χ0v) is 7.09. The van der Waals surface area contributed by atoms with Crippen molar-refractivity contribution in [2.45, 2.75) is 0 Å². The Morgan fingerprint density at radius 3 is 1.40 bits per heavy atom. The first-order valence-electron chi connectivity index (χ1n) is 0.762. The van der Waals surface area contributed by atoms with Gasteiger partial charge in [-0.25, -0.2) is 0 Å². The van der Waals surface area contributed by atoms with Gasteiger partial charge in [0, 0.05) is 0 Å². The van der Waals surface area contributed by atoms with E-state index in [4.69, 9.17) is 5.73 Å². The molecule has 0 amide bonds. The molecule has 0 aliphatic heterocycles. The fraction of sp³-hybridized carbons (Fsp3) is 1.00. The minimum atomic E-state index is 0. The Hall–Kier alpha value is 1.34. The van der Waals surface area contributed by atoms with Crippen LogP contribution < -0.4 is 5.73 Å². The van der Waals surface area contributed by atoms with Gasteiger partial charge in [0.2, 0.25) is 0 Å². The second-order valence-corrected chi connectivity index (χ2v) is 1.37. The molecule has 0 saturated carbocycles. The van der Waals surface area contributed by atoms with Crippen molar-refractivity contribution in [3.05, 3.63) is 0 Å². The van der Waals surface area contributed by atoms with E-state index < -0.39 is 0 Å². The summed E-state index contributed by atoms with van der Waals surface area (Å²) < 4.78 is 0.840. The van der Waals surface area contributed by atoms with Gasteiger partial charge in [-0.2, -0.15) is 0 Å². The van der Waals surface area contributed by atoms with Gasteiger partial charge in [-0.3, -0.25) is 0 Å². The quantitative estimate of drug-likeness (QED) is 0.569. The molecule has 0 saturated heterocycles. The molecule has 0 unspecified atom stereocenters. The second kappa shape index (κ2) is 18.4. The normalized spacial score (nSPS) is 3.60. The molecule has 0 atom stereocenters. The van der Waals surface area contributed by atoms with Crippen LogP contribution in [0.3, 0.4) is 0 Å². The van der Waals surface area contributed by atoms with Gasteiger partial charge in [0.05, 0.1) is 0 Å². The predicted octanol–water partition coefficient (Wildman–Crippen LogP) is -0.0853. The summed E-state index contributed by atoms with van der Waals surface area (Å²) in [7, 11) is 0. The van der Waals surface area contributed by atoms with Crippen LogP contribution >= 0.6 is 24.8 Å². The molecule has 1 nitrogen and oxygen atoms in total. The zero-order chi connectivity index (χ0) is 2.71. The van der Waals surface area contributed by atoms with Gasteiger partial charge < -0.3 is 0 Å². The molecule has 0 fully saturated rings. The van der Waals surface area contributed by atoms with Crippen molar-refractivity contribution in [1.82, 2.24) is 0 Å². The van der Waals surface area contributed by atoms with Crippen molar-refractivity contribution in [2.75, 3.05) is 4.56 Å². The summed E-state index contributed by atoms with van der Waals surface area (Å²) in [5.41, 5.74) is 4.89. The maximum absolute atomic E-state index is 4.89. The summed E-state index contributed by atoms with van der Waals surface area (Å²) >= 11 is 1.41. The van der Waals surface area contributed by atoms with Crippen LogP contribution in [0, 0.1) is 0 Å². The fourth-order valence-electron chi connectivity index (χ4n) is 0. The zero-order valence-electron chi connectivity index (χ0n) is 2.60. The van der Waals surface area contributed by atoms with Crippen molar-refractivity contribution >= 4 is 47.3 Å². The molecule has 0 aliphatic rings. The van der Waals surface area contributed by atoms with Crippen molar-refractivity contribution in [3.8, 4) is 0 Å². The van der Waals surface area contributed by atoms with Crippen LogP contribution in [0.4, 0.5) is 0 Å². The first kappa shape index (κ1) is 16.2. The minimum absolute atomic E-state index is 0. The van der Waals surface area contributed by atoms with E-state index in [1.54, 1.807) is 0 Å². The first-order chi connectivity index (χ1) is 1.41. The van der Waals surface area contributed by atoms with Crippen molar-refractivity contribution < 1.29 is 0 Å². The number of rotatable bonds is 0. The maximum atomic E-state index is 4.89. The van der Waals surface area contributed by atoms with E-state index in [0.717, 1.165) is 4.56 Å². The Bertz CT molecular complexity index is 9.61. The van der Waals surface area contributed by atoms with Crippen molar-refractivity contribution in [1.29, 1.82) is 0 Å². The molecule has 0 aromatic heterocycles. The first-order valence-corrected chi connectivity index (χ1v) is 2.78. The van der Waals surface area contributed by atoms with Crippen LogP contribution in [0.25, 0.3) is 0 Å². The molecule has 0 bridgehead atoms. The van der Waals surface area contributed by atoms with E-state index in [2.05, 4.69) is 0 Å². The Morgan fingerprint density at radius 2 is 1.40 bits per heavy atom. The SMILES string of the molecule is Cl.Cl.N[CH2][Sn]. The van der Waals surface area contributed by atoms with Gasteiger partial charge in [0.25, 0.3) is 0 Å². The van der Waals surface area contributed by atoms with Gasteiger partial charge in [-0.05, 0) is 0 Å². The molecule has 3 radical (unpaired) electrons. The predicted molar refractivity (Wildman–Crippen MR) is 29.3 cm³/mol. The van der Waals surface area contributed by atoms with E-state index in [-0.39, 0.29) is 24.8 Å². The third-order valence-electron chi connectivity index (χ3n) is 0. The average Bonchev–Trinajstić information content (AvgIpc) is 0.918. The summed E-state index contributed by atoms with van der Waals surface area (Å²) in [4.78, 5) is 0. The number of halogens is 2. The molecule has 0 aliphatic carbocycles. The number of hydrogen-bond acceptors (Lipinski definition) is 1. The Balaban J connectivity index is -0.0000000200. The van der Waals surface area contributed by atoms with Crippen LogP contribution in [0.5, 0.6) is 0 Å². The van der Waals surface area contributed by atoms with Crippen molar-refractivity contribution in [2.24, 2.45) is 5.73 Å². The van der Waals surface area contributed by atoms with E-state index >= 15 is 0 Å². The molecule has 33 valence electrons.